The highest BCUT2D eigenvalue weighted by Gasteiger charge is 2.26. The highest BCUT2D eigenvalue weighted by Crippen LogP contribution is 2.22. The lowest BCUT2D eigenvalue weighted by atomic mass is 10.0. The first kappa shape index (κ1) is 17.2. The maximum Gasteiger partial charge on any atom is 0.409 e. The Kier molecular flexibility index (Phi) is 4.87. The molecule has 0 atom stereocenters. The Balaban J connectivity index is 1.68. The van der Waals surface area contributed by atoms with E-state index in [2.05, 4.69) is 15.5 Å². The summed E-state index contributed by atoms with van der Waals surface area (Å²) in [7, 11) is 0. The van der Waals surface area contributed by atoms with Crippen molar-refractivity contribution in [3.8, 4) is 0 Å². The van der Waals surface area contributed by atoms with Gasteiger partial charge >= 0.3 is 6.09 Å². The van der Waals surface area contributed by atoms with E-state index in [0.29, 0.717) is 60.6 Å². The van der Waals surface area contributed by atoms with Gasteiger partial charge in [-0.25, -0.2) is 9.78 Å². The molecule has 2 aromatic heterocycles. The van der Waals surface area contributed by atoms with Gasteiger partial charge in [-0.15, -0.1) is 0 Å². The maximum absolute atomic E-state index is 12.7. The fourth-order valence-electron chi connectivity index (χ4n) is 3.08. The fraction of sp³-hybridized carbons (Fsp3) is 0.529. The number of rotatable bonds is 3. The molecular weight excluding hydrogens is 324 g/mol. The highest BCUT2D eigenvalue weighted by molar-refractivity contribution is 6.06. The summed E-state index contributed by atoms with van der Waals surface area (Å²) in [5, 5.41) is 7.59. The molecule has 2 aromatic rings. The lowest BCUT2D eigenvalue weighted by Gasteiger charge is -2.31. The van der Waals surface area contributed by atoms with E-state index in [1.807, 2.05) is 6.92 Å². The number of nitrogens with one attached hydrogen (secondary N) is 1. The Labute approximate surface area is 145 Å². The molecule has 1 fully saturated rings. The van der Waals surface area contributed by atoms with Crippen molar-refractivity contribution in [1.29, 1.82) is 0 Å². The second kappa shape index (κ2) is 7.08. The van der Waals surface area contributed by atoms with Gasteiger partial charge in [-0.3, -0.25) is 4.79 Å². The SMILES string of the molecule is CCOC(=O)N1CCC(NC(=O)c2cc(C)nc3onc(C)c23)CC1. The molecule has 1 N–H and O–H groups in total. The Morgan fingerprint density at radius 1 is 1.36 bits per heavy atom. The molecule has 0 aromatic carbocycles. The zero-order chi connectivity index (χ0) is 18.0. The summed E-state index contributed by atoms with van der Waals surface area (Å²) in [6.07, 6.45) is 1.10. The number of ether oxygens (including phenoxy) is 1. The third kappa shape index (κ3) is 3.57. The van der Waals surface area contributed by atoms with Gasteiger partial charge in [0.05, 0.1) is 23.3 Å². The number of nitrogens with zero attached hydrogens (tertiary/aromatic N) is 3. The van der Waals surface area contributed by atoms with E-state index < -0.39 is 0 Å². The van der Waals surface area contributed by atoms with Gasteiger partial charge in [0.1, 0.15) is 0 Å². The Morgan fingerprint density at radius 3 is 2.76 bits per heavy atom. The number of pyridine rings is 1. The molecule has 25 heavy (non-hydrogen) atoms. The predicted molar refractivity (Wildman–Crippen MR) is 90.4 cm³/mol. The van der Waals surface area contributed by atoms with E-state index in [-0.39, 0.29) is 18.0 Å². The third-order valence-corrected chi connectivity index (χ3v) is 4.35. The Hall–Kier alpha value is -2.64. The molecule has 0 radical (unpaired) electrons. The Morgan fingerprint density at radius 2 is 2.08 bits per heavy atom. The minimum atomic E-state index is -0.293. The van der Waals surface area contributed by atoms with Gasteiger partial charge in [0.2, 0.25) is 0 Å². The van der Waals surface area contributed by atoms with Gasteiger partial charge in [0, 0.05) is 24.8 Å². The second-order valence-electron chi connectivity index (χ2n) is 6.19. The van der Waals surface area contributed by atoms with Crippen LogP contribution >= 0.6 is 0 Å². The standard InChI is InChI=1S/C17H22N4O4/c1-4-24-17(23)21-7-5-12(6-8-21)19-15(22)13-9-10(2)18-16-14(13)11(3)20-25-16/h9,12H,4-8H2,1-3H3,(H,19,22). The molecular formula is C17H22N4O4. The molecule has 0 spiro atoms. The van der Waals surface area contributed by atoms with Crippen LogP contribution in [0, 0.1) is 13.8 Å². The molecule has 0 unspecified atom stereocenters. The first-order valence-corrected chi connectivity index (χ1v) is 8.45. The van der Waals surface area contributed by atoms with Gasteiger partial charge in [-0.1, -0.05) is 5.16 Å². The molecule has 3 heterocycles. The van der Waals surface area contributed by atoms with Crippen molar-refractivity contribution in [2.24, 2.45) is 0 Å². The van der Waals surface area contributed by atoms with Crippen molar-refractivity contribution in [2.45, 2.75) is 39.7 Å². The summed E-state index contributed by atoms with van der Waals surface area (Å²) in [4.78, 5) is 30.4. The predicted octanol–water partition coefficient (Wildman–Crippen LogP) is 2.19. The van der Waals surface area contributed by atoms with E-state index in [9.17, 15) is 9.59 Å². The van der Waals surface area contributed by atoms with Crippen molar-refractivity contribution in [2.75, 3.05) is 19.7 Å². The third-order valence-electron chi connectivity index (χ3n) is 4.35. The van der Waals surface area contributed by atoms with Crippen molar-refractivity contribution >= 4 is 23.1 Å². The van der Waals surface area contributed by atoms with Crippen LogP contribution in [0.4, 0.5) is 4.79 Å². The smallest absolute Gasteiger partial charge is 0.409 e. The first-order chi connectivity index (χ1) is 12.0. The van der Waals surface area contributed by atoms with E-state index in [4.69, 9.17) is 9.26 Å². The fourth-order valence-corrected chi connectivity index (χ4v) is 3.08. The van der Waals surface area contributed by atoms with Crippen molar-refractivity contribution in [3.05, 3.63) is 23.0 Å². The molecule has 1 aliphatic heterocycles. The van der Waals surface area contributed by atoms with E-state index in [1.54, 1.807) is 24.8 Å². The molecule has 3 rings (SSSR count). The van der Waals surface area contributed by atoms with Crippen LogP contribution in [-0.4, -0.2) is 52.8 Å². The zero-order valence-corrected chi connectivity index (χ0v) is 14.7. The minimum absolute atomic E-state index is 0.0156. The van der Waals surface area contributed by atoms with Crippen molar-refractivity contribution in [3.63, 3.8) is 0 Å². The number of piperidine rings is 1. The first-order valence-electron chi connectivity index (χ1n) is 8.45. The summed E-state index contributed by atoms with van der Waals surface area (Å²) < 4.78 is 10.2. The zero-order valence-electron chi connectivity index (χ0n) is 14.7. The number of fused-ring (bicyclic) bond motifs is 1. The van der Waals surface area contributed by atoms with Crippen LogP contribution in [-0.2, 0) is 4.74 Å². The van der Waals surface area contributed by atoms with Crippen LogP contribution in [0.2, 0.25) is 0 Å². The topological polar surface area (TPSA) is 97.6 Å². The summed E-state index contributed by atoms with van der Waals surface area (Å²) in [6.45, 7) is 6.89. The highest BCUT2D eigenvalue weighted by atomic mass is 16.6. The molecule has 2 amide bonds. The van der Waals surface area contributed by atoms with Crippen LogP contribution in [0.3, 0.4) is 0 Å². The van der Waals surface area contributed by atoms with E-state index in [0.717, 1.165) is 0 Å². The number of likely N-dealkylation sites (tertiary alicyclic amines) is 1. The normalized spacial score (nSPS) is 15.4. The van der Waals surface area contributed by atoms with Gasteiger partial charge in [0.25, 0.3) is 11.6 Å². The van der Waals surface area contributed by atoms with Crippen molar-refractivity contribution in [1.82, 2.24) is 20.4 Å². The molecule has 1 aliphatic rings. The van der Waals surface area contributed by atoms with Crippen LogP contribution < -0.4 is 5.32 Å². The van der Waals surface area contributed by atoms with Gasteiger partial charge < -0.3 is 19.5 Å². The van der Waals surface area contributed by atoms with Gasteiger partial charge in [0.15, 0.2) is 0 Å². The number of hydrogen-bond acceptors (Lipinski definition) is 6. The summed E-state index contributed by atoms with van der Waals surface area (Å²) in [5.74, 6) is -0.170. The number of aryl methyl sites for hydroxylation is 2. The van der Waals surface area contributed by atoms with E-state index >= 15 is 0 Å². The average molecular weight is 346 g/mol. The van der Waals surface area contributed by atoms with Crippen LogP contribution in [0.5, 0.6) is 0 Å². The van der Waals surface area contributed by atoms with Gasteiger partial charge in [-0.05, 0) is 39.7 Å². The Bertz CT molecular complexity index is 793. The summed E-state index contributed by atoms with van der Waals surface area (Å²) >= 11 is 0. The molecule has 8 nitrogen and oxygen atoms in total. The number of carbonyl (C=O) groups is 2. The van der Waals surface area contributed by atoms with E-state index in [1.165, 1.54) is 0 Å². The molecule has 0 aliphatic carbocycles. The molecule has 8 heteroatoms. The average Bonchev–Trinajstić information content (AvgIpc) is 2.96. The van der Waals surface area contributed by atoms with Crippen LogP contribution in [0.15, 0.2) is 10.6 Å². The minimum Gasteiger partial charge on any atom is -0.450 e. The number of hydrogen-bond donors (Lipinski definition) is 1. The molecule has 0 bridgehead atoms. The molecule has 1 saturated heterocycles. The number of amides is 2. The molecule has 0 saturated carbocycles. The second-order valence-corrected chi connectivity index (χ2v) is 6.19. The number of carbonyl (C=O) groups excluding carboxylic acids is 2. The summed E-state index contributed by atoms with van der Waals surface area (Å²) in [5.41, 5.74) is 2.24. The molecule has 134 valence electrons. The largest absolute Gasteiger partial charge is 0.450 e. The maximum atomic E-state index is 12.7. The van der Waals surface area contributed by atoms with Crippen LogP contribution in [0.1, 0.15) is 41.5 Å². The number of aromatic nitrogens is 2. The van der Waals surface area contributed by atoms with Gasteiger partial charge in [-0.2, -0.15) is 0 Å². The lowest BCUT2D eigenvalue weighted by molar-refractivity contribution is 0.0861. The van der Waals surface area contributed by atoms with Crippen LogP contribution in [0.25, 0.3) is 11.1 Å². The van der Waals surface area contributed by atoms with Crippen molar-refractivity contribution < 1.29 is 18.8 Å². The monoisotopic (exact) mass is 346 g/mol. The quantitative estimate of drug-likeness (QED) is 0.915. The summed E-state index contributed by atoms with van der Waals surface area (Å²) in [6, 6.07) is 1.76. The lowest BCUT2D eigenvalue weighted by Crippen LogP contribution is -2.46.